The number of aliphatic hydroxyl groups excluding tert-OH is 1. The first-order chi connectivity index (χ1) is 24.3. The maximum absolute atomic E-state index is 13.2. The number of nitrogens with one attached hydrogen (secondary N) is 3. The van der Waals surface area contributed by atoms with E-state index in [2.05, 4.69) is 35.6 Å². The van der Waals surface area contributed by atoms with Crippen LogP contribution in [0, 0.1) is 5.92 Å². The summed E-state index contributed by atoms with van der Waals surface area (Å²) in [7, 11) is -3.78. The van der Waals surface area contributed by atoms with Crippen LogP contribution in [0.3, 0.4) is 0 Å². The largest absolute Gasteiger partial charge is 0.697 e. The third-order valence-corrected chi connectivity index (χ3v) is 10.1. The molecule has 2 saturated heterocycles. The number of hydrogen-bond acceptors (Lipinski definition) is 16. The van der Waals surface area contributed by atoms with Gasteiger partial charge in [0.2, 0.25) is 11.8 Å². The molecule has 1 aromatic carbocycles. The van der Waals surface area contributed by atoms with Crippen molar-refractivity contribution in [1.29, 1.82) is 0 Å². The monoisotopic (exact) mass is 730 g/mol. The number of amides is 1. The molecule has 2 bridgehead atoms. The van der Waals surface area contributed by atoms with E-state index >= 15 is 0 Å². The normalized spacial score (nSPS) is 28.7. The van der Waals surface area contributed by atoms with Crippen LogP contribution in [0.5, 0.6) is 5.88 Å². The second kappa shape index (κ2) is 15.0. The average Bonchev–Trinajstić information content (AvgIpc) is 3.78. The SMILES string of the molecule is CNCc1ccccc1C(=O)Nc1nc2c(ncn2[C@@H]2O[C@@H]3CO[P+](=O)O[C@H]4C[C@H](Oc5ccncn5)C[C@@H]4CO[P+](=O)O[C@@H]2[C@@H]3O)c(=O)[nH]1. The molecular formula is C29H32N8O11P2+2. The van der Waals surface area contributed by atoms with E-state index < -0.39 is 71.1 Å². The van der Waals surface area contributed by atoms with Gasteiger partial charge in [0.1, 0.15) is 44.0 Å². The summed E-state index contributed by atoms with van der Waals surface area (Å²) in [6, 6.07) is 8.55. The number of anilines is 1. The van der Waals surface area contributed by atoms with Crippen molar-refractivity contribution in [2.24, 2.45) is 5.92 Å². The van der Waals surface area contributed by atoms with Crippen molar-refractivity contribution >= 4 is 39.5 Å². The number of hydrogen-bond donors (Lipinski definition) is 4. The zero-order valence-corrected chi connectivity index (χ0v) is 28.1. The zero-order valence-electron chi connectivity index (χ0n) is 26.4. The molecule has 1 aliphatic carbocycles. The summed E-state index contributed by atoms with van der Waals surface area (Å²) in [6.45, 7) is -0.0773. The molecule has 3 aromatic heterocycles. The van der Waals surface area contributed by atoms with Crippen molar-refractivity contribution in [2.75, 3.05) is 25.6 Å². The van der Waals surface area contributed by atoms with Gasteiger partial charge in [0.15, 0.2) is 23.5 Å². The number of imidazole rings is 1. The molecule has 4 aromatic rings. The number of aromatic nitrogens is 6. The van der Waals surface area contributed by atoms with Crippen LogP contribution in [0.1, 0.15) is 35.0 Å². The molecule has 50 heavy (non-hydrogen) atoms. The molecule has 2 aliphatic heterocycles. The van der Waals surface area contributed by atoms with Gasteiger partial charge in [-0.2, -0.15) is 4.98 Å². The van der Waals surface area contributed by atoms with Gasteiger partial charge in [0, 0.05) is 45.8 Å². The summed E-state index contributed by atoms with van der Waals surface area (Å²) in [6.07, 6.45) is -1.33. The predicted molar refractivity (Wildman–Crippen MR) is 171 cm³/mol. The van der Waals surface area contributed by atoms with Gasteiger partial charge >= 0.3 is 16.5 Å². The first-order valence-corrected chi connectivity index (χ1v) is 17.8. The van der Waals surface area contributed by atoms with Gasteiger partial charge in [-0.05, 0) is 25.1 Å². The van der Waals surface area contributed by atoms with Crippen LogP contribution in [0.2, 0.25) is 0 Å². The van der Waals surface area contributed by atoms with Crippen LogP contribution in [0.4, 0.5) is 5.95 Å². The van der Waals surface area contributed by atoms with E-state index in [1.165, 1.54) is 17.2 Å². The highest BCUT2D eigenvalue weighted by Crippen LogP contribution is 2.44. The fourth-order valence-electron chi connectivity index (χ4n) is 6.14. The maximum Gasteiger partial charge on any atom is 0.697 e. The molecule has 1 saturated carbocycles. The summed E-state index contributed by atoms with van der Waals surface area (Å²) in [5.74, 6) is -0.729. The van der Waals surface area contributed by atoms with Gasteiger partial charge in [-0.1, -0.05) is 18.2 Å². The van der Waals surface area contributed by atoms with E-state index in [-0.39, 0.29) is 29.8 Å². The smallest absolute Gasteiger partial charge is 0.474 e. The molecule has 0 radical (unpaired) electrons. The van der Waals surface area contributed by atoms with Crippen molar-refractivity contribution in [1.82, 2.24) is 34.8 Å². The average molecular weight is 731 g/mol. The molecule has 21 heteroatoms. The Kier molecular flexibility index (Phi) is 10.3. The number of H-pyrrole nitrogens is 1. The summed E-state index contributed by atoms with van der Waals surface area (Å²) < 4.78 is 61.9. The van der Waals surface area contributed by atoms with Crippen molar-refractivity contribution in [2.45, 2.75) is 56.1 Å². The Bertz CT molecular complexity index is 1950. The third kappa shape index (κ3) is 7.32. The van der Waals surface area contributed by atoms with E-state index in [4.69, 9.17) is 27.6 Å². The first-order valence-electron chi connectivity index (χ1n) is 15.6. The topological polar surface area (TPSA) is 240 Å². The van der Waals surface area contributed by atoms with Gasteiger partial charge in [-0.15, -0.1) is 18.1 Å². The number of carbonyl (C=O) groups is 1. The molecule has 3 aliphatic rings. The predicted octanol–water partition coefficient (Wildman–Crippen LogP) is 2.13. The minimum absolute atomic E-state index is 0.0323. The molecule has 19 nitrogen and oxygen atoms in total. The molecular weight excluding hydrogens is 698 g/mol. The second-order valence-corrected chi connectivity index (χ2v) is 13.5. The number of carbonyl (C=O) groups excluding carboxylic acids is 1. The molecule has 1 amide bonds. The summed E-state index contributed by atoms with van der Waals surface area (Å²) in [4.78, 5) is 45.2. The van der Waals surface area contributed by atoms with E-state index in [0.717, 1.165) is 5.56 Å². The molecule has 262 valence electrons. The molecule has 3 fully saturated rings. The van der Waals surface area contributed by atoms with Crippen LogP contribution >= 0.6 is 16.5 Å². The lowest BCUT2D eigenvalue weighted by Gasteiger charge is -2.17. The van der Waals surface area contributed by atoms with Crippen molar-refractivity contribution in [3.8, 4) is 5.88 Å². The van der Waals surface area contributed by atoms with Crippen LogP contribution in [0.15, 0.2) is 54.0 Å². The van der Waals surface area contributed by atoms with Crippen LogP contribution in [-0.2, 0) is 38.5 Å². The standard InChI is InChI=1S/C29H30N8O11P2/c1-30-10-15-4-2-3-5-18(15)26(39)35-29-34-25-22(27(40)36-29)33-14-37(25)28-24-23(38)20(46-28)12-44-49(41)47-19-9-17(45-21-6-7-31-13-32-21)8-16(19)11-43-50(42)48-24/h2-7,13-14,16-17,19-20,23-24,28,30,38H,8-12H2,1H3/p+2/t16-,17-,19+,20-,23-,24-,28-/m1/s1. The van der Waals surface area contributed by atoms with Crippen LogP contribution in [0.25, 0.3) is 11.2 Å². The summed E-state index contributed by atoms with van der Waals surface area (Å²) >= 11 is 0. The minimum Gasteiger partial charge on any atom is -0.474 e. The third-order valence-electron chi connectivity index (χ3n) is 8.48. The lowest BCUT2D eigenvalue weighted by atomic mass is 10.1. The summed E-state index contributed by atoms with van der Waals surface area (Å²) in [5, 5.41) is 16.8. The Balaban J connectivity index is 1.11. The van der Waals surface area contributed by atoms with Gasteiger partial charge in [0.05, 0.1) is 6.33 Å². The van der Waals surface area contributed by atoms with Crippen molar-refractivity contribution in [3.05, 3.63) is 70.7 Å². The van der Waals surface area contributed by atoms with Gasteiger partial charge in [0.25, 0.3) is 11.5 Å². The highest BCUT2D eigenvalue weighted by atomic mass is 31.1. The maximum atomic E-state index is 13.2. The highest BCUT2D eigenvalue weighted by Gasteiger charge is 2.53. The number of aliphatic hydroxyl groups is 1. The Morgan fingerprint density at radius 3 is 2.74 bits per heavy atom. The number of fused-ring (bicyclic) bond motifs is 4. The molecule has 2 unspecified atom stereocenters. The van der Waals surface area contributed by atoms with Crippen molar-refractivity contribution < 1.29 is 46.6 Å². The Morgan fingerprint density at radius 1 is 1.10 bits per heavy atom. The fraction of sp³-hybridized carbons (Fsp3) is 0.448. The number of nitrogens with zero attached hydrogens (tertiary/aromatic N) is 5. The zero-order chi connectivity index (χ0) is 34.8. The number of rotatable bonds is 7. The van der Waals surface area contributed by atoms with Gasteiger partial charge in [-0.25, -0.2) is 15.0 Å². The van der Waals surface area contributed by atoms with E-state index in [1.807, 2.05) is 0 Å². The molecule has 9 atom stereocenters. The van der Waals surface area contributed by atoms with Crippen LogP contribution < -0.4 is 20.9 Å². The Labute approximate surface area is 284 Å². The van der Waals surface area contributed by atoms with E-state index in [9.17, 15) is 23.8 Å². The Morgan fingerprint density at radius 2 is 1.92 bits per heavy atom. The number of aromatic amines is 1. The number of ether oxygens (including phenoxy) is 2. The number of benzene rings is 1. The van der Waals surface area contributed by atoms with E-state index in [0.29, 0.717) is 30.8 Å². The molecule has 7 rings (SSSR count). The lowest BCUT2D eigenvalue weighted by Crippen LogP contribution is -2.34. The fourth-order valence-corrected chi connectivity index (χ4v) is 7.76. The quantitative estimate of drug-likeness (QED) is 0.199. The molecule has 0 spiro atoms. The van der Waals surface area contributed by atoms with Crippen LogP contribution in [-0.4, -0.2) is 91.3 Å². The first kappa shape index (κ1) is 34.3. The second-order valence-electron chi connectivity index (χ2n) is 11.7. The highest BCUT2D eigenvalue weighted by molar-refractivity contribution is 7.33. The molecule has 5 heterocycles. The van der Waals surface area contributed by atoms with Gasteiger partial charge in [-0.3, -0.25) is 24.5 Å². The minimum atomic E-state index is -2.84. The van der Waals surface area contributed by atoms with Crippen molar-refractivity contribution in [3.63, 3.8) is 0 Å². The summed E-state index contributed by atoms with van der Waals surface area (Å²) in [5.41, 5.74) is 0.295. The van der Waals surface area contributed by atoms with E-state index in [1.54, 1.807) is 43.6 Å². The Hall–Kier alpha value is -4.16. The lowest BCUT2D eigenvalue weighted by molar-refractivity contribution is -0.0481. The molecule has 4 N–H and O–H groups in total. The van der Waals surface area contributed by atoms with Gasteiger partial charge < -0.3 is 19.9 Å².